The number of aromatic carboxylic acids is 1. The molecule has 0 spiro atoms. The van der Waals surface area contributed by atoms with Crippen molar-refractivity contribution in [2.24, 2.45) is 5.16 Å². The minimum atomic E-state index is -0.987. The zero-order chi connectivity index (χ0) is 24.9. The molecule has 0 fully saturated rings. The molecule has 0 aliphatic heterocycles. The number of benzene rings is 2. The van der Waals surface area contributed by atoms with Gasteiger partial charge >= 0.3 is 5.97 Å². The summed E-state index contributed by atoms with van der Waals surface area (Å²) in [4.78, 5) is 11.3. The lowest BCUT2D eigenvalue weighted by Gasteiger charge is -2.42. The predicted molar refractivity (Wildman–Crippen MR) is 137 cm³/mol. The Morgan fingerprint density at radius 3 is 2.03 bits per heavy atom. The predicted octanol–water partition coefficient (Wildman–Crippen LogP) is 7.31. The van der Waals surface area contributed by atoms with Crippen molar-refractivity contribution >= 4 is 11.7 Å². The van der Waals surface area contributed by atoms with Crippen LogP contribution < -0.4 is 4.74 Å². The Kier molecular flexibility index (Phi) is 8.06. The van der Waals surface area contributed by atoms with Gasteiger partial charge in [-0.3, -0.25) is 0 Å². The molecule has 1 aliphatic carbocycles. The lowest BCUT2D eigenvalue weighted by atomic mass is 9.62. The van der Waals surface area contributed by atoms with E-state index in [0.717, 1.165) is 37.0 Å². The summed E-state index contributed by atoms with van der Waals surface area (Å²) in [7, 11) is 0. The fourth-order valence-electron chi connectivity index (χ4n) is 4.82. The number of rotatable bonds is 10. The Labute approximate surface area is 203 Å². The molecular formula is C29H39NO4. The Morgan fingerprint density at radius 2 is 1.47 bits per heavy atom. The third kappa shape index (κ3) is 5.63. The number of oxime groups is 1. The largest absolute Gasteiger partial charge is 0.493 e. The highest BCUT2D eigenvalue weighted by Crippen LogP contribution is 2.48. The Balaban J connectivity index is 2.04. The van der Waals surface area contributed by atoms with Crippen LogP contribution in [-0.2, 0) is 10.8 Å². The Bertz CT molecular complexity index is 1030. The fourth-order valence-corrected chi connectivity index (χ4v) is 4.82. The summed E-state index contributed by atoms with van der Waals surface area (Å²) >= 11 is 0. The molecule has 0 atom stereocenters. The molecule has 2 aromatic carbocycles. The maximum absolute atomic E-state index is 11.3. The molecule has 5 heteroatoms. The number of carbonyl (C=O) groups is 1. The average molecular weight is 466 g/mol. The molecule has 0 unspecified atom stereocenters. The van der Waals surface area contributed by atoms with Crippen LogP contribution in [0.25, 0.3) is 0 Å². The van der Waals surface area contributed by atoms with E-state index in [0.29, 0.717) is 17.9 Å². The first kappa shape index (κ1) is 25.8. The number of ether oxygens (including phenoxy) is 1. The molecule has 0 amide bonds. The summed E-state index contributed by atoms with van der Waals surface area (Å²) in [5.41, 5.74) is 4.52. The van der Waals surface area contributed by atoms with Crippen LogP contribution in [0.15, 0.2) is 41.6 Å². The standard InChI is InChI=1S/C29H39NO4/c1-6-7-8-9-10-17-34-25-19-24-23(28(2,3)15-16-29(24,4)5)18-22(25)26(30-33)20-11-13-21(14-12-20)27(31)32/h11-14,18-19,33H,6-10,15-17H2,1-5H3,(H,31,32). The van der Waals surface area contributed by atoms with Crippen molar-refractivity contribution in [2.45, 2.75) is 90.4 Å². The van der Waals surface area contributed by atoms with Gasteiger partial charge in [0.2, 0.25) is 0 Å². The molecule has 5 nitrogen and oxygen atoms in total. The molecule has 2 aromatic rings. The van der Waals surface area contributed by atoms with Gasteiger partial charge in [-0.2, -0.15) is 0 Å². The Morgan fingerprint density at radius 1 is 0.912 bits per heavy atom. The summed E-state index contributed by atoms with van der Waals surface area (Å²) in [5.74, 6) is -0.269. The summed E-state index contributed by atoms with van der Waals surface area (Å²) in [5, 5.41) is 23.0. The van der Waals surface area contributed by atoms with Crippen molar-refractivity contribution in [1.29, 1.82) is 0 Å². The van der Waals surface area contributed by atoms with E-state index in [2.05, 4.69) is 51.9 Å². The number of hydrogen-bond acceptors (Lipinski definition) is 4. The van der Waals surface area contributed by atoms with E-state index in [4.69, 9.17) is 4.74 Å². The molecule has 0 saturated heterocycles. The third-order valence-corrected chi connectivity index (χ3v) is 7.22. The molecule has 1 aliphatic rings. The normalized spacial score (nSPS) is 16.7. The van der Waals surface area contributed by atoms with Crippen molar-refractivity contribution in [2.75, 3.05) is 6.61 Å². The highest BCUT2D eigenvalue weighted by atomic mass is 16.5. The van der Waals surface area contributed by atoms with E-state index in [1.807, 2.05) is 0 Å². The van der Waals surface area contributed by atoms with Crippen molar-refractivity contribution < 1.29 is 19.8 Å². The molecule has 0 aromatic heterocycles. The Hall–Kier alpha value is -2.82. The van der Waals surface area contributed by atoms with Crippen LogP contribution in [0.4, 0.5) is 0 Å². The first-order chi connectivity index (χ1) is 16.1. The van der Waals surface area contributed by atoms with Gasteiger partial charge in [-0.1, -0.05) is 77.6 Å². The van der Waals surface area contributed by atoms with Gasteiger partial charge in [-0.25, -0.2) is 4.79 Å². The van der Waals surface area contributed by atoms with Gasteiger partial charge < -0.3 is 15.1 Å². The van der Waals surface area contributed by atoms with Gasteiger partial charge in [0, 0.05) is 11.1 Å². The maximum Gasteiger partial charge on any atom is 0.335 e. The molecule has 0 radical (unpaired) electrons. The van der Waals surface area contributed by atoms with Crippen LogP contribution in [0.1, 0.15) is 112 Å². The van der Waals surface area contributed by atoms with Gasteiger partial charge in [0.1, 0.15) is 11.5 Å². The van der Waals surface area contributed by atoms with Crippen LogP contribution in [-0.4, -0.2) is 28.6 Å². The molecule has 184 valence electrons. The number of nitrogens with zero attached hydrogens (tertiary/aromatic N) is 1. The first-order valence-electron chi connectivity index (χ1n) is 12.5. The van der Waals surface area contributed by atoms with Crippen LogP contribution in [0, 0.1) is 0 Å². The molecule has 34 heavy (non-hydrogen) atoms. The van der Waals surface area contributed by atoms with Gasteiger partial charge in [-0.15, -0.1) is 0 Å². The minimum Gasteiger partial charge on any atom is -0.493 e. The fraction of sp³-hybridized carbons (Fsp3) is 0.517. The van der Waals surface area contributed by atoms with Crippen molar-refractivity contribution in [3.8, 4) is 5.75 Å². The SMILES string of the molecule is CCCCCCCOc1cc2c(cc1C(=NO)c1ccc(C(=O)O)cc1)C(C)(C)CCC2(C)C. The lowest BCUT2D eigenvalue weighted by molar-refractivity contribution is 0.0697. The molecule has 3 rings (SSSR count). The van der Waals surface area contributed by atoms with Gasteiger partial charge in [0.25, 0.3) is 0 Å². The molecule has 2 N–H and O–H groups in total. The molecule has 0 heterocycles. The monoisotopic (exact) mass is 465 g/mol. The highest BCUT2D eigenvalue weighted by Gasteiger charge is 2.38. The van der Waals surface area contributed by atoms with E-state index in [1.54, 1.807) is 12.1 Å². The van der Waals surface area contributed by atoms with Gasteiger partial charge in [0.15, 0.2) is 0 Å². The summed E-state index contributed by atoms with van der Waals surface area (Å²) in [6.07, 6.45) is 7.92. The number of unbranched alkanes of at least 4 members (excludes halogenated alkanes) is 4. The minimum absolute atomic E-state index is 0.00792. The van der Waals surface area contributed by atoms with E-state index >= 15 is 0 Å². The lowest BCUT2D eigenvalue weighted by Crippen LogP contribution is -2.34. The summed E-state index contributed by atoms with van der Waals surface area (Å²) < 4.78 is 6.33. The summed E-state index contributed by atoms with van der Waals surface area (Å²) in [6, 6.07) is 10.7. The second-order valence-corrected chi connectivity index (χ2v) is 10.8. The topological polar surface area (TPSA) is 79.1 Å². The van der Waals surface area contributed by atoms with Crippen LogP contribution >= 0.6 is 0 Å². The number of hydrogen-bond donors (Lipinski definition) is 2. The van der Waals surface area contributed by atoms with Crippen molar-refractivity contribution in [1.82, 2.24) is 0 Å². The van der Waals surface area contributed by atoms with Crippen molar-refractivity contribution in [3.05, 3.63) is 64.2 Å². The van der Waals surface area contributed by atoms with Crippen LogP contribution in [0.5, 0.6) is 5.75 Å². The maximum atomic E-state index is 11.3. The highest BCUT2D eigenvalue weighted by molar-refractivity contribution is 6.14. The summed E-state index contributed by atoms with van der Waals surface area (Å²) in [6.45, 7) is 11.9. The second kappa shape index (κ2) is 10.6. The van der Waals surface area contributed by atoms with E-state index in [9.17, 15) is 15.1 Å². The smallest absolute Gasteiger partial charge is 0.335 e. The van der Waals surface area contributed by atoms with E-state index < -0.39 is 5.97 Å². The third-order valence-electron chi connectivity index (χ3n) is 7.22. The second-order valence-electron chi connectivity index (χ2n) is 10.8. The van der Waals surface area contributed by atoms with Crippen LogP contribution in [0.3, 0.4) is 0 Å². The quantitative estimate of drug-likeness (QED) is 0.167. The van der Waals surface area contributed by atoms with E-state index in [-0.39, 0.29) is 16.4 Å². The number of carboxylic acids is 1. The molecule has 0 saturated carbocycles. The zero-order valence-corrected chi connectivity index (χ0v) is 21.3. The zero-order valence-electron chi connectivity index (χ0n) is 21.3. The van der Waals surface area contributed by atoms with Crippen molar-refractivity contribution in [3.63, 3.8) is 0 Å². The number of fused-ring (bicyclic) bond motifs is 1. The number of carboxylic acid groups (broad SMARTS) is 1. The first-order valence-corrected chi connectivity index (χ1v) is 12.5. The molecular weight excluding hydrogens is 426 g/mol. The average Bonchev–Trinajstić information content (AvgIpc) is 2.80. The van der Waals surface area contributed by atoms with Gasteiger partial charge in [-0.05, 0) is 65.5 Å². The van der Waals surface area contributed by atoms with Gasteiger partial charge in [0.05, 0.1) is 12.2 Å². The molecule has 0 bridgehead atoms. The van der Waals surface area contributed by atoms with Crippen LogP contribution in [0.2, 0.25) is 0 Å². The van der Waals surface area contributed by atoms with E-state index in [1.165, 1.54) is 42.5 Å².